The normalized spacial score (nSPS) is 12.6. The van der Waals surface area contributed by atoms with Crippen LogP contribution in [0.3, 0.4) is 0 Å². The van der Waals surface area contributed by atoms with Gasteiger partial charge in [0, 0.05) is 18.6 Å². The highest BCUT2D eigenvalue weighted by Gasteiger charge is 2.27. The van der Waals surface area contributed by atoms with Crippen molar-refractivity contribution >= 4 is 39.3 Å². The highest BCUT2D eigenvalue weighted by molar-refractivity contribution is 7.98. The number of rotatable bonds is 9. The van der Waals surface area contributed by atoms with E-state index < -0.39 is 16.1 Å². The largest absolute Gasteiger partial charge is 0.340 e. The number of halogens is 2. The molecule has 1 atom stereocenters. The molecule has 0 spiro atoms. The first-order chi connectivity index (χ1) is 13.2. The van der Waals surface area contributed by atoms with Crippen LogP contribution < -0.4 is 4.72 Å². The molecule has 0 fully saturated rings. The fourth-order valence-corrected chi connectivity index (χ4v) is 4.41. The molecular weight excluding hydrogens is 423 g/mol. The number of benzene rings is 2. The minimum atomic E-state index is -3.89. The van der Waals surface area contributed by atoms with E-state index in [1.54, 1.807) is 19.2 Å². The van der Waals surface area contributed by atoms with Gasteiger partial charge >= 0.3 is 0 Å². The Bertz CT molecular complexity index is 908. The summed E-state index contributed by atoms with van der Waals surface area (Å²) in [6, 6.07) is 10.8. The fraction of sp³-hybridized carbons (Fsp3) is 0.316. The van der Waals surface area contributed by atoms with Crippen molar-refractivity contribution in [3.63, 3.8) is 0 Å². The Morgan fingerprint density at radius 3 is 2.54 bits per heavy atom. The van der Waals surface area contributed by atoms with Gasteiger partial charge in [0.15, 0.2) is 0 Å². The minimum Gasteiger partial charge on any atom is -0.340 e. The summed E-state index contributed by atoms with van der Waals surface area (Å²) in [5.74, 6) is -0.163. The molecule has 2 rings (SSSR count). The summed E-state index contributed by atoms with van der Waals surface area (Å²) in [6.07, 6.45) is 2.21. The van der Waals surface area contributed by atoms with Gasteiger partial charge in [-0.05, 0) is 60.4 Å². The Kier molecular flexibility index (Phi) is 8.30. The van der Waals surface area contributed by atoms with Crippen LogP contribution in [0.1, 0.15) is 12.0 Å². The van der Waals surface area contributed by atoms with Crippen molar-refractivity contribution in [2.24, 2.45) is 0 Å². The van der Waals surface area contributed by atoms with Gasteiger partial charge in [-0.3, -0.25) is 4.79 Å². The number of thioether (sulfide) groups is 1. The summed E-state index contributed by atoms with van der Waals surface area (Å²) in [7, 11) is -2.32. The van der Waals surface area contributed by atoms with Crippen LogP contribution in [0, 0.1) is 5.82 Å². The summed E-state index contributed by atoms with van der Waals surface area (Å²) in [5, 5.41) is 0.420. The van der Waals surface area contributed by atoms with E-state index in [0.29, 0.717) is 22.8 Å². The SMILES string of the molecule is CSCC[C@H](NS(=O)(=O)c1ccc(Cl)cc1)C(=O)N(C)Cc1cccc(F)c1. The number of carbonyl (C=O) groups is 1. The van der Waals surface area contributed by atoms with Crippen LogP contribution in [-0.4, -0.2) is 44.3 Å². The third-order valence-corrected chi connectivity index (χ3v) is 6.40. The molecule has 0 saturated heterocycles. The van der Waals surface area contributed by atoms with Crippen LogP contribution in [0.4, 0.5) is 4.39 Å². The smallest absolute Gasteiger partial charge is 0.241 e. The second kappa shape index (κ2) is 10.2. The summed E-state index contributed by atoms with van der Waals surface area (Å²) in [5.41, 5.74) is 0.625. The average molecular weight is 445 g/mol. The quantitative estimate of drug-likeness (QED) is 0.642. The minimum absolute atomic E-state index is 0.0339. The van der Waals surface area contributed by atoms with E-state index in [1.165, 1.54) is 53.1 Å². The molecule has 2 aromatic carbocycles. The Labute approximate surface area is 174 Å². The van der Waals surface area contributed by atoms with Gasteiger partial charge < -0.3 is 4.90 Å². The topological polar surface area (TPSA) is 66.5 Å². The van der Waals surface area contributed by atoms with E-state index >= 15 is 0 Å². The number of sulfonamides is 1. The van der Waals surface area contributed by atoms with Crippen LogP contribution in [0.25, 0.3) is 0 Å². The molecule has 152 valence electrons. The van der Waals surface area contributed by atoms with Crippen molar-refractivity contribution in [2.75, 3.05) is 19.1 Å². The monoisotopic (exact) mass is 444 g/mol. The van der Waals surface area contributed by atoms with Crippen molar-refractivity contribution in [3.8, 4) is 0 Å². The van der Waals surface area contributed by atoms with Crippen molar-refractivity contribution < 1.29 is 17.6 Å². The number of hydrogen-bond acceptors (Lipinski definition) is 4. The number of likely N-dealkylation sites (N-methyl/N-ethyl adjacent to an activating group) is 1. The van der Waals surface area contributed by atoms with Crippen molar-refractivity contribution in [3.05, 3.63) is 64.9 Å². The molecule has 0 radical (unpaired) electrons. The molecule has 0 aliphatic heterocycles. The lowest BCUT2D eigenvalue weighted by Crippen LogP contribution is -2.47. The lowest BCUT2D eigenvalue weighted by Gasteiger charge is -2.24. The maximum absolute atomic E-state index is 13.4. The molecule has 0 saturated carbocycles. The molecular formula is C19H22ClFN2O3S2. The maximum Gasteiger partial charge on any atom is 0.241 e. The molecule has 0 unspecified atom stereocenters. The lowest BCUT2D eigenvalue weighted by molar-refractivity contribution is -0.132. The average Bonchev–Trinajstić information content (AvgIpc) is 2.64. The summed E-state index contributed by atoms with van der Waals surface area (Å²) in [4.78, 5) is 14.3. The van der Waals surface area contributed by atoms with Crippen LogP contribution in [0.15, 0.2) is 53.4 Å². The first kappa shape index (κ1) is 22.7. The first-order valence-electron chi connectivity index (χ1n) is 8.49. The summed E-state index contributed by atoms with van der Waals surface area (Å²) < 4.78 is 41.2. The highest BCUT2D eigenvalue weighted by atomic mass is 35.5. The van der Waals surface area contributed by atoms with Gasteiger partial charge in [-0.15, -0.1) is 0 Å². The lowest BCUT2D eigenvalue weighted by atomic mass is 10.1. The van der Waals surface area contributed by atoms with Gasteiger partial charge in [0.05, 0.1) is 4.90 Å². The zero-order valence-electron chi connectivity index (χ0n) is 15.6. The van der Waals surface area contributed by atoms with E-state index in [1.807, 2.05) is 6.26 Å². The van der Waals surface area contributed by atoms with Gasteiger partial charge in [-0.2, -0.15) is 16.5 Å². The summed E-state index contributed by atoms with van der Waals surface area (Å²) in [6.45, 7) is 0.176. The number of carbonyl (C=O) groups excluding carboxylic acids is 1. The Balaban J connectivity index is 2.16. The second-order valence-electron chi connectivity index (χ2n) is 6.23. The predicted molar refractivity (Wildman–Crippen MR) is 111 cm³/mol. The zero-order valence-corrected chi connectivity index (χ0v) is 18.0. The van der Waals surface area contributed by atoms with Crippen LogP contribution >= 0.6 is 23.4 Å². The third-order valence-electron chi connectivity index (χ3n) is 4.02. The van der Waals surface area contributed by atoms with Crippen molar-refractivity contribution in [1.29, 1.82) is 0 Å². The molecule has 1 N–H and O–H groups in total. The molecule has 28 heavy (non-hydrogen) atoms. The standard InChI is InChI=1S/C19H22ClFN2O3S2/c1-23(13-14-4-3-5-16(21)12-14)19(24)18(10-11-27-2)22-28(25,26)17-8-6-15(20)7-9-17/h3-9,12,18,22H,10-11,13H2,1-2H3/t18-/m0/s1. The molecule has 5 nitrogen and oxygen atoms in total. The number of hydrogen-bond donors (Lipinski definition) is 1. The molecule has 9 heteroatoms. The molecule has 1 amide bonds. The molecule has 0 heterocycles. The van der Waals surface area contributed by atoms with E-state index in [0.717, 1.165) is 0 Å². The summed E-state index contributed by atoms with van der Waals surface area (Å²) >= 11 is 7.33. The Hall–Kier alpha value is -1.61. The fourth-order valence-electron chi connectivity index (χ4n) is 2.59. The van der Waals surface area contributed by atoms with Crippen molar-refractivity contribution in [2.45, 2.75) is 23.9 Å². The zero-order chi connectivity index (χ0) is 20.7. The number of nitrogens with zero attached hydrogens (tertiary/aromatic N) is 1. The third kappa shape index (κ3) is 6.48. The van der Waals surface area contributed by atoms with E-state index in [9.17, 15) is 17.6 Å². The van der Waals surface area contributed by atoms with E-state index in [-0.39, 0.29) is 23.2 Å². The van der Waals surface area contributed by atoms with Gasteiger partial charge in [-0.1, -0.05) is 23.7 Å². The van der Waals surface area contributed by atoms with Gasteiger partial charge in [-0.25, -0.2) is 12.8 Å². The van der Waals surface area contributed by atoms with Gasteiger partial charge in [0.1, 0.15) is 11.9 Å². The van der Waals surface area contributed by atoms with Crippen LogP contribution in [0.5, 0.6) is 0 Å². The maximum atomic E-state index is 13.4. The van der Waals surface area contributed by atoms with E-state index in [4.69, 9.17) is 11.6 Å². The first-order valence-corrected chi connectivity index (χ1v) is 11.7. The van der Waals surface area contributed by atoms with Crippen LogP contribution in [0.2, 0.25) is 5.02 Å². The Morgan fingerprint density at radius 1 is 1.25 bits per heavy atom. The molecule has 0 aliphatic carbocycles. The second-order valence-corrected chi connectivity index (χ2v) is 9.37. The predicted octanol–water partition coefficient (Wildman–Crippen LogP) is 3.54. The Morgan fingerprint density at radius 2 is 1.93 bits per heavy atom. The number of nitrogens with one attached hydrogen (secondary N) is 1. The molecule has 2 aromatic rings. The van der Waals surface area contributed by atoms with Gasteiger partial charge in [0.25, 0.3) is 0 Å². The molecule has 0 aromatic heterocycles. The highest BCUT2D eigenvalue weighted by Crippen LogP contribution is 2.16. The van der Waals surface area contributed by atoms with Gasteiger partial charge in [0.2, 0.25) is 15.9 Å². The van der Waals surface area contributed by atoms with Crippen molar-refractivity contribution in [1.82, 2.24) is 9.62 Å². The number of amides is 1. The van der Waals surface area contributed by atoms with Crippen LogP contribution in [-0.2, 0) is 21.4 Å². The van der Waals surface area contributed by atoms with E-state index in [2.05, 4.69) is 4.72 Å². The molecule has 0 bridgehead atoms. The molecule has 0 aliphatic rings.